The summed E-state index contributed by atoms with van der Waals surface area (Å²) in [5, 5.41) is 9.43. The molecule has 3 unspecified atom stereocenters. The molecule has 2 amide bonds. The van der Waals surface area contributed by atoms with E-state index in [4.69, 9.17) is 0 Å². The maximum absolute atomic E-state index is 12.8. The molecule has 2 aliphatic heterocycles. The third-order valence-electron chi connectivity index (χ3n) is 6.06. The normalized spacial score (nSPS) is 24.0. The zero-order valence-corrected chi connectivity index (χ0v) is 17.4. The van der Waals surface area contributed by atoms with E-state index in [1.165, 1.54) is 5.56 Å². The molecule has 2 aliphatic rings. The highest BCUT2D eigenvalue weighted by Gasteiger charge is 2.29. The topological polar surface area (TPSA) is 73.5 Å². The number of anilines is 1. The largest absolute Gasteiger partial charge is 0.354 e. The SMILES string of the molecule is Cc1ccc(NC(=O)C(C)N2CCCC(CNC(=O)C3CCCN3)C2)c(C)c1. The summed E-state index contributed by atoms with van der Waals surface area (Å²) in [6, 6.07) is 5.87. The Morgan fingerprint density at radius 3 is 2.79 bits per heavy atom. The Morgan fingerprint density at radius 1 is 1.25 bits per heavy atom. The molecule has 2 fully saturated rings. The molecule has 1 aromatic carbocycles. The molecule has 0 bridgehead atoms. The predicted molar refractivity (Wildman–Crippen MR) is 112 cm³/mol. The number of nitrogens with one attached hydrogen (secondary N) is 3. The van der Waals surface area contributed by atoms with Gasteiger partial charge in [-0.1, -0.05) is 17.7 Å². The molecule has 3 N–H and O–H groups in total. The van der Waals surface area contributed by atoms with Crippen molar-refractivity contribution in [3.05, 3.63) is 29.3 Å². The first kappa shape index (κ1) is 20.8. The van der Waals surface area contributed by atoms with Crippen LogP contribution < -0.4 is 16.0 Å². The van der Waals surface area contributed by atoms with Gasteiger partial charge in [-0.2, -0.15) is 0 Å². The van der Waals surface area contributed by atoms with Crippen molar-refractivity contribution in [3.8, 4) is 0 Å². The smallest absolute Gasteiger partial charge is 0.241 e. The van der Waals surface area contributed by atoms with Crippen molar-refractivity contribution in [2.45, 2.75) is 58.5 Å². The first-order chi connectivity index (χ1) is 13.4. The van der Waals surface area contributed by atoms with Gasteiger partial charge >= 0.3 is 0 Å². The molecule has 1 aromatic rings. The van der Waals surface area contributed by atoms with Crippen LogP contribution in [0.15, 0.2) is 18.2 Å². The van der Waals surface area contributed by atoms with Crippen LogP contribution in [0, 0.1) is 19.8 Å². The average Bonchev–Trinajstić information content (AvgIpc) is 3.23. The Bertz CT molecular complexity index is 700. The van der Waals surface area contributed by atoms with Crippen LogP contribution in [0.3, 0.4) is 0 Å². The van der Waals surface area contributed by atoms with E-state index in [-0.39, 0.29) is 23.9 Å². The van der Waals surface area contributed by atoms with Crippen LogP contribution in [0.1, 0.15) is 43.7 Å². The van der Waals surface area contributed by atoms with Crippen LogP contribution in [0.2, 0.25) is 0 Å². The van der Waals surface area contributed by atoms with Crippen LogP contribution >= 0.6 is 0 Å². The number of piperidine rings is 1. The van der Waals surface area contributed by atoms with Gasteiger partial charge in [0.2, 0.25) is 11.8 Å². The van der Waals surface area contributed by atoms with Crippen molar-refractivity contribution >= 4 is 17.5 Å². The minimum absolute atomic E-state index is 0.0258. The third-order valence-corrected chi connectivity index (χ3v) is 6.06. The van der Waals surface area contributed by atoms with Crippen LogP contribution in [0.5, 0.6) is 0 Å². The highest BCUT2D eigenvalue weighted by molar-refractivity contribution is 5.95. The fraction of sp³-hybridized carbons (Fsp3) is 0.636. The summed E-state index contributed by atoms with van der Waals surface area (Å²) in [7, 11) is 0. The zero-order valence-electron chi connectivity index (χ0n) is 17.4. The molecule has 0 radical (unpaired) electrons. The van der Waals surface area contributed by atoms with Crippen LogP contribution in [0.4, 0.5) is 5.69 Å². The van der Waals surface area contributed by atoms with Crippen molar-refractivity contribution in [2.24, 2.45) is 5.92 Å². The molecular weight excluding hydrogens is 352 g/mol. The molecular formula is C22H34N4O2. The second-order valence-electron chi connectivity index (χ2n) is 8.38. The van der Waals surface area contributed by atoms with Crippen molar-refractivity contribution < 1.29 is 9.59 Å². The van der Waals surface area contributed by atoms with Gasteiger partial charge in [0.25, 0.3) is 0 Å². The molecule has 0 aromatic heterocycles. The Hall–Kier alpha value is -1.92. The number of benzene rings is 1. The average molecular weight is 387 g/mol. The quantitative estimate of drug-likeness (QED) is 0.701. The lowest BCUT2D eigenvalue weighted by Crippen LogP contribution is -2.50. The summed E-state index contributed by atoms with van der Waals surface area (Å²) < 4.78 is 0. The summed E-state index contributed by atoms with van der Waals surface area (Å²) in [6.45, 7) is 9.45. The number of amides is 2. The Morgan fingerprint density at radius 2 is 2.07 bits per heavy atom. The number of hydrogen-bond acceptors (Lipinski definition) is 4. The molecule has 0 aliphatic carbocycles. The van der Waals surface area contributed by atoms with E-state index in [0.29, 0.717) is 12.5 Å². The Kier molecular flexibility index (Phi) is 7.08. The lowest BCUT2D eigenvalue weighted by molar-refractivity contribution is -0.124. The second kappa shape index (κ2) is 9.52. The van der Waals surface area contributed by atoms with Crippen molar-refractivity contribution in [1.82, 2.24) is 15.5 Å². The standard InChI is InChI=1S/C22H34N4O2/c1-15-8-9-19(16(2)12-15)25-21(27)17(3)26-11-5-6-18(14-26)13-24-22(28)20-7-4-10-23-20/h8-9,12,17-18,20,23H,4-7,10-11,13-14H2,1-3H3,(H,24,28)(H,25,27). The Labute approximate surface area is 168 Å². The number of likely N-dealkylation sites (tertiary alicyclic amines) is 1. The summed E-state index contributed by atoms with van der Waals surface area (Å²) in [6.07, 6.45) is 4.16. The predicted octanol–water partition coefficient (Wildman–Crippen LogP) is 2.21. The van der Waals surface area contributed by atoms with Gasteiger partial charge in [0, 0.05) is 18.8 Å². The summed E-state index contributed by atoms with van der Waals surface area (Å²) in [4.78, 5) is 27.2. The number of nitrogens with zero attached hydrogens (tertiary/aromatic N) is 1. The van der Waals surface area contributed by atoms with E-state index in [1.807, 2.05) is 26.0 Å². The Balaban J connectivity index is 1.49. The lowest BCUT2D eigenvalue weighted by atomic mass is 9.96. The van der Waals surface area contributed by atoms with Gasteiger partial charge in [0.15, 0.2) is 0 Å². The highest BCUT2D eigenvalue weighted by Crippen LogP contribution is 2.21. The van der Waals surface area contributed by atoms with Gasteiger partial charge in [0.05, 0.1) is 12.1 Å². The van der Waals surface area contributed by atoms with E-state index < -0.39 is 0 Å². The van der Waals surface area contributed by atoms with Gasteiger partial charge in [-0.05, 0) is 77.1 Å². The molecule has 2 heterocycles. The van der Waals surface area contributed by atoms with E-state index >= 15 is 0 Å². The molecule has 3 rings (SSSR count). The number of carbonyl (C=O) groups excluding carboxylic acids is 2. The van der Waals surface area contributed by atoms with E-state index in [2.05, 4.69) is 33.8 Å². The summed E-state index contributed by atoms with van der Waals surface area (Å²) >= 11 is 0. The highest BCUT2D eigenvalue weighted by atomic mass is 16.2. The number of carbonyl (C=O) groups is 2. The summed E-state index contributed by atoms with van der Waals surface area (Å²) in [5.41, 5.74) is 3.16. The lowest BCUT2D eigenvalue weighted by Gasteiger charge is -2.36. The van der Waals surface area contributed by atoms with Crippen molar-refractivity contribution in [1.29, 1.82) is 0 Å². The maximum atomic E-state index is 12.8. The fourth-order valence-electron chi connectivity index (χ4n) is 4.25. The van der Waals surface area contributed by atoms with Crippen LogP contribution in [0.25, 0.3) is 0 Å². The molecule has 2 saturated heterocycles. The van der Waals surface area contributed by atoms with E-state index in [9.17, 15) is 9.59 Å². The van der Waals surface area contributed by atoms with Crippen LogP contribution in [-0.2, 0) is 9.59 Å². The summed E-state index contributed by atoms with van der Waals surface area (Å²) in [5.74, 6) is 0.553. The van der Waals surface area contributed by atoms with Crippen LogP contribution in [-0.4, -0.2) is 55.0 Å². The monoisotopic (exact) mass is 386 g/mol. The second-order valence-corrected chi connectivity index (χ2v) is 8.38. The third kappa shape index (κ3) is 5.32. The minimum atomic E-state index is -0.185. The number of hydrogen-bond donors (Lipinski definition) is 3. The molecule has 6 heteroatoms. The fourth-order valence-corrected chi connectivity index (χ4v) is 4.25. The number of rotatable bonds is 6. The van der Waals surface area contributed by atoms with E-state index in [1.54, 1.807) is 0 Å². The molecule has 0 spiro atoms. The van der Waals surface area contributed by atoms with Gasteiger partial charge in [0.1, 0.15) is 0 Å². The molecule has 28 heavy (non-hydrogen) atoms. The van der Waals surface area contributed by atoms with Crippen molar-refractivity contribution in [2.75, 3.05) is 31.5 Å². The minimum Gasteiger partial charge on any atom is -0.354 e. The molecule has 0 saturated carbocycles. The number of aryl methyl sites for hydroxylation is 2. The molecule has 6 nitrogen and oxygen atoms in total. The maximum Gasteiger partial charge on any atom is 0.241 e. The van der Waals surface area contributed by atoms with Crippen molar-refractivity contribution in [3.63, 3.8) is 0 Å². The van der Waals surface area contributed by atoms with Gasteiger partial charge in [-0.15, -0.1) is 0 Å². The zero-order chi connectivity index (χ0) is 20.1. The van der Waals surface area contributed by atoms with E-state index in [0.717, 1.165) is 56.6 Å². The molecule has 154 valence electrons. The first-order valence-electron chi connectivity index (χ1n) is 10.6. The first-order valence-corrected chi connectivity index (χ1v) is 10.6. The van der Waals surface area contributed by atoms with Gasteiger partial charge in [-0.25, -0.2) is 0 Å². The van der Waals surface area contributed by atoms with Gasteiger partial charge < -0.3 is 16.0 Å². The molecule has 3 atom stereocenters. The van der Waals surface area contributed by atoms with Gasteiger partial charge in [-0.3, -0.25) is 14.5 Å².